The third-order valence-corrected chi connectivity index (χ3v) is 4.43. The van der Waals surface area contributed by atoms with Crippen molar-refractivity contribution in [1.82, 2.24) is 4.90 Å². The molecule has 1 amide bonds. The first kappa shape index (κ1) is 15.8. The quantitative estimate of drug-likeness (QED) is 0.844. The highest BCUT2D eigenvalue weighted by atomic mass is 16.5. The highest BCUT2D eigenvalue weighted by Crippen LogP contribution is 2.24. The molecule has 0 saturated carbocycles. The summed E-state index contributed by atoms with van der Waals surface area (Å²) in [5, 5.41) is 0. The maximum atomic E-state index is 12.9. The number of carbonyl (C=O) groups excluding carboxylic acids is 1. The average Bonchev–Trinajstić information content (AvgIpc) is 2.57. The Labute approximate surface area is 137 Å². The summed E-state index contributed by atoms with van der Waals surface area (Å²) < 4.78 is 5.88. The van der Waals surface area contributed by atoms with Gasteiger partial charge in [0.1, 0.15) is 6.10 Å². The van der Waals surface area contributed by atoms with Gasteiger partial charge in [-0.1, -0.05) is 47.5 Å². The molecule has 2 aromatic carbocycles. The van der Waals surface area contributed by atoms with Crippen molar-refractivity contribution in [3.05, 3.63) is 70.3 Å². The minimum Gasteiger partial charge on any atom is -0.370 e. The smallest absolute Gasteiger partial charge is 0.254 e. The van der Waals surface area contributed by atoms with Crippen molar-refractivity contribution in [2.75, 3.05) is 19.7 Å². The molecule has 0 aliphatic carbocycles. The van der Waals surface area contributed by atoms with E-state index in [-0.39, 0.29) is 12.0 Å². The van der Waals surface area contributed by atoms with E-state index in [4.69, 9.17) is 4.74 Å². The Morgan fingerprint density at radius 3 is 2.48 bits per heavy atom. The van der Waals surface area contributed by atoms with E-state index >= 15 is 0 Å². The van der Waals surface area contributed by atoms with Crippen molar-refractivity contribution in [2.24, 2.45) is 0 Å². The molecule has 0 spiro atoms. The lowest BCUT2D eigenvalue weighted by atomic mass is 10.0. The predicted molar refractivity (Wildman–Crippen MR) is 91.7 cm³/mol. The van der Waals surface area contributed by atoms with Gasteiger partial charge in [-0.05, 0) is 38.0 Å². The SMILES string of the molecule is Cc1ccc(C2CN(C(=O)c3cc(C)ccc3C)CCO2)cc1. The molecule has 1 unspecified atom stereocenters. The topological polar surface area (TPSA) is 29.5 Å². The van der Waals surface area contributed by atoms with Crippen LogP contribution in [0.3, 0.4) is 0 Å². The van der Waals surface area contributed by atoms with Gasteiger partial charge in [0.2, 0.25) is 0 Å². The zero-order valence-electron chi connectivity index (χ0n) is 14.0. The van der Waals surface area contributed by atoms with Crippen LogP contribution in [0, 0.1) is 20.8 Å². The highest BCUT2D eigenvalue weighted by Gasteiger charge is 2.26. The van der Waals surface area contributed by atoms with Gasteiger partial charge in [0.25, 0.3) is 5.91 Å². The van der Waals surface area contributed by atoms with Crippen LogP contribution in [0.25, 0.3) is 0 Å². The van der Waals surface area contributed by atoms with Crippen LogP contribution < -0.4 is 0 Å². The minimum atomic E-state index is -0.0431. The lowest BCUT2D eigenvalue weighted by Gasteiger charge is -2.33. The molecule has 120 valence electrons. The van der Waals surface area contributed by atoms with Crippen molar-refractivity contribution in [3.8, 4) is 0 Å². The monoisotopic (exact) mass is 309 g/mol. The number of aryl methyl sites for hydroxylation is 3. The molecule has 0 N–H and O–H groups in total. The summed E-state index contributed by atoms with van der Waals surface area (Å²) in [6.07, 6.45) is -0.0431. The molecule has 1 heterocycles. The second-order valence-electron chi connectivity index (χ2n) is 6.34. The maximum Gasteiger partial charge on any atom is 0.254 e. The third kappa shape index (κ3) is 3.45. The molecule has 23 heavy (non-hydrogen) atoms. The molecule has 3 nitrogen and oxygen atoms in total. The van der Waals surface area contributed by atoms with Gasteiger partial charge in [-0.3, -0.25) is 4.79 Å². The summed E-state index contributed by atoms with van der Waals surface area (Å²) >= 11 is 0. The first-order valence-electron chi connectivity index (χ1n) is 8.09. The van der Waals surface area contributed by atoms with E-state index in [9.17, 15) is 4.79 Å². The number of rotatable bonds is 2. The number of amides is 1. The van der Waals surface area contributed by atoms with Gasteiger partial charge in [0.15, 0.2) is 0 Å². The Kier molecular flexibility index (Phi) is 4.49. The van der Waals surface area contributed by atoms with Crippen LogP contribution in [0.2, 0.25) is 0 Å². The first-order valence-corrected chi connectivity index (χ1v) is 8.09. The van der Waals surface area contributed by atoms with Gasteiger partial charge < -0.3 is 9.64 Å². The van der Waals surface area contributed by atoms with Crippen molar-refractivity contribution in [3.63, 3.8) is 0 Å². The molecule has 2 aromatic rings. The van der Waals surface area contributed by atoms with Crippen molar-refractivity contribution < 1.29 is 9.53 Å². The van der Waals surface area contributed by atoms with E-state index in [0.717, 1.165) is 22.3 Å². The first-order chi connectivity index (χ1) is 11.0. The van der Waals surface area contributed by atoms with E-state index in [1.807, 2.05) is 36.9 Å². The summed E-state index contributed by atoms with van der Waals surface area (Å²) in [5.74, 6) is 0.103. The third-order valence-electron chi connectivity index (χ3n) is 4.43. The highest BCUT2D eigenvalue weighted by molar-refractivity contribution is 5.96. The molecule has 3 rings (SSSR count). The Hall–Kier alpha value is -2.13. The minimum absolute atomic E-state index is 0.0431. The van der Waals surface area contributed by atoms with Crippen LogP contribution in [0.1, 0.15) is 38.7 Å². The zero-order chi connectivity index (χ0) is 16.4. The average molecular weight is 309 g/mol. The zero-order valence-corrected chi connectivity index (χ0v) is 14.0. The Morgan fingerprint density at radius 2 is 1.74 bits per heavy atom. The van der Waals surface area contributed by atoms with Crippen LogP contribution in [0.4, 0.5) is 0 Å². The van der Waals surface area contributed by atoms with Crippen LogP contribution in [0.15, 0.2) is 42.5 Å². The van der Waals surface area contributed by atoms with Gasteiger partial charge in [0.05, 0.1) is 13.2 Å². The van der Waals surface area contributed by atoms with Crippen LogP contribution in [-0.4, -0.2) is 30.5 Å². The Bertz CT molecular complexity index is 706. The number of carbonyl (C=O) groups is 1. The van der Waals surface area contributed by atoms with Gasteiger partial charge in [-0.15, -0.1) is 0 Å². The number of nitrogens with zero attached hydrogens (tertiary/aromatic N) is 1. The normalized spacial score (nSPS) is 18.0. The van der Waals surface area contributed by atoms with Gasteiger partial charge in [-0.2, -0.15) is 0 Å². The van der Waals surface area contributed by atoms with Crippen molar-refractivity contribution >= 4 is 5.91 Å². The molecule has 1 atom stereocenters. The molecule has 1 fully saturated rings. The number of hydrogen-bond donors (Lipinski definition) is 0. The number of hydrogen-bond acceptors (Lipinski definition) is 2. The summed E-state index contributed by atoms with van der Waals surface area (Å²) in [6, 6.07) is 14.4. The van der Waals surface area contributed by atoms with Gasteiger partial charge >= 0.3 is 0 Å². The largest absolute Gasteiger partial charge is 0.370 e. The second kappa shape index (κ2) is 6.55. The summed E-state index contributed by atoms with van der Waals surface area (Å²) in [6.45, 7) is 7.91. The standard InChI is InChI=1S/C20H23NO2/c1-14-5-8-17(9-6-14)19-13-21(10-11-23-19)20(22)18-12-15(2)4-7-16(18)3/h4-9,12,19H,10-11,13H2,1-3H3. The Balaban J connectivity index is 1.79. The van der Waals surface area contributed by atoms with Crippen LogP contribution >= 0.6 is 0 Å². The van der Waals surface area contributed by atoms with E-state index in [1.54, 1.807) is 0 Å². The number of ether oxygens (including phenoxy) is 1. The molecule has 0 bridgehead atoms. The molecule has 1 saturated heterocycles. The lowest BCUT2D eigenvalue weighted by Crippen LogP contribution is -2.42. The fraction of sp³-hybridized carbons (Fsp3) is 0.350. The van der Waals surface area contributed by atoms with Gasteiger partial charge in [-0.25, -0.2) is 0 Å². The van der Waals surface area contributed by atoms with Crippen LogP contribution in [-0.2, 0) is 4.74 Å². The molecular formula is C20H23NO2. The predicted octanol–water partition coefficient (Wildman–Crippen LogP) is 3.83. The van der Waals surface area contributed by atoms with Crippen molar-refractivity contribution in [1.29, 1.82) is 0 Å². The molecule has 0 radical (unpaired) electrons. The molecule has 1 aliphatic rings. The van der Waals surface area contributed by atoms with Crippen LogP contribution in [0.5, 0.6) is 0 Å². The van der Waals surface area contributed by atoms with E-state index in [1.165, 1.54) is 5.56 Å². The van der Waals surface area contributed by atoms with E-state index in [0.29, 0.717) is 19.7 Å². The molecular weight excluding hydrogens is 286 g/mol. The van der Waals surface area contributed by atoms with Gasteiger partial charge in [0, 0.05) is 12.1 Å². The summed E-state index contributed by atoms with van der Waals surface area (Å²) in [4.78, 5) is 14.8. The maximum absolute atomic E-state index is 12.9. The second-order valence-corrected chi connectivity index (χ2v) is 6.34. The van der Waals surface area contributed by atoms with E-state index in [2.05, 4.69) is 31.2 Å². The fourth-order valence-corrected chi connectivity index (χ4v) is 2.95. The fourth-order valence-electron chi connectivity index (χ4n) is 2.95. The molecule has 1 aliphatic heterocycles. The summed E-state index contributed by atoms with van der Waals surface area (Å²) in [7, 11) is 0. The number of benzene rings is 2. The lowest BCUT2D eigenvalue weighted by molar-refractivity contribution is -0.0228. The summed E-state index contributed by atoms with van der Waals surface area (Å²) in [5.41, 5.74) is 5.30. The van der Waals surface area contributed by atoms with E-state index < -0.39 is 0 Å². The molecule has 0 aromatic heterocycles. The Morgan fingerprint density at radius 1 is 1.04 bits per heavy atom. The van der Waals surface area contributed by atoms with Crippen molar-refractivity contribution in [2.45, 2.75) is 26.9 Å². The molecule has 3 heteroatoms. The number of morpholine rings is 1.